The first-order valence-corrected chi connectivity index (χ1v) is 12.4. The maximum Gasteiger partial charge on any atom is 0.283 e. The molecule has 7 nitrogen and oxygen atoms in total. The summed E-state index contributed by atoms with van der Waals surface area (Å²) in [5, 5.41) is 5.76. The van der Waals surface area contributed by atoms with E-state index in [-0.39, 0.29) is 16.6 Å². The van der Waals surface area contributed by atoms with Crippen LogP contribution in [0, 0.1) is 6.92 Å². The molecule has 2 N–H and O–H groups in total. The van der Waals surface area contributed by atoms with Crippen molar-refractivity contribution in [2.75, 3.05) is 22.6 Å². The lowest BCUT2D eigenvalue weighted by atomic mass is 10.0. The van der Waals surface area contributed by atoms with Crippen LogP contribution in [0.15, 0.2) is 71.4 Å². The molecule has 1 heterocycles. The first-order valence-electron chi connectivity index (χ1n) is 12.0. The number of benzene rings is 3. The molecule has 0 radical (unpaired) electrons. The number of amides is 3. The summed E-state index contributed by atoms with van der Waals surface area (Å²) in [5.41, 5.74) is 5.09. The second kappa shape index (κ2) is 10.9. The number of carbonyl (C=O) groups excluding carboxylic acids is 3. The Hall–Kier alpha value is -4.10. The predicted octanol–water partition coefficient (Wildman–Crippen LogP) is 5.82. The third kappa shape index (κ3) is 5.08. The number of nitrogens with one attached hydrogen (secondary N) is 2. The first-order chi connectivity index (χ1) is 17.8. The second-order valence-corrected chi connectivity index (χ2v) is 9.00. The van der Waals surface area contributed by atoms with E-state index in [1.165, 1.54) is 7.11 Å². The van der Waals surface area contributed by atoms with Gasteiger partial charge in [0.05, 0.1) is 12.8 Å². The minimum absolute atomic E-state index is 0.0445. The number of hydrogen-bond acceptors (Lipinski definition) is 5. The van der Waals surface area contributed by atoms with E-state index in [0.717, 1.165) is 40.1 Å². The van der Waals surface area contributed by atoms with Crippen LogP contribution in [0.25, 0.3) is 0 Å². The van der Waals surface area contributed by atoms with E-state index >= 15 is 0 Å². The summed E-state index contributed by atoms with van der Waals surface area (Å²) in [6, 6.07) is 17.8. The Morgan fingerprint density at radius 3 is 2.19 bits per heavy atom. The van der Waals surface area contributed by atoms with Crippen LogP contribution in [-0.4, -0.2) is 24.8 Å². The minimum Gasteiger partial charge on any atom is -0.495 e. The van der Waals surface area contributed by atoms with Gasteiger partial charge in [0, 0.05) is 16.9 Å². The van der Waals surface area contributed by atoms with Gasteiger partial charge in [-0.2, -0.15) is 0 Å². The fourth-order valence-corrected chi connectivity index (χ4v) is 4.46. The molecule has 8 heteroatoms. The predicted molar refractivity (Wildman–Crippen MR) is 146 cm³/mol. The van der Waals surface area contributed by atoms with Crippen molar-refractivity contribution in [1.82, 2.24) is 0 Å². The molecule has 0 spiro atoms. The van der Waals surface area contributed by atoms with Crippen LogP contribution in [0.5, 0.6) is 5.75 Å². The third-order valence-corrected chi connectivity index (χ3v) is 6.61. The number of rotatable bonds is 8. The van der Waals surface area contributed by atoms with Gasteiger partial charge >= 0.3 is 0 Å². The van der Waals surface area contributed by atoms with Crippen LogP contribution in [0.1, 0.15) is 40.9 Å². The molecule has 0 atom stereocenters. The van der Waals surface area contributed by atoms with Gasteiger partial charge in [-0.3, -0.25) is 14.4 Å². The fraction of sp³-hybridized carbons (Fsp3) is 0.207. The molecule has 1 aliphatic heterocycles. The standard InChI is InChI=1S/C29H28ClN3O4/c1-5-18-8-7-9-19(6-2)25(18)32-27(34)20-11-13-21(14-12-20)31-26-24(30)28(35)33(29(26)36)22-16-17(3)10-15-23(22)37-4/h7-16,31H,5-6H2,1-4H3,(H,32,34). The van der Waals surface area contributed by atoms with Gasteiger partial charge in [-0.15, -0.1) is 0 Å². The number of para-hydroxylation sites is 1. The van der Waals surface area contributed by atoms with Crippen molar-refractivity contribution in [3.05, 3.63) is 93.6 Å². The Morgan fingerprint density at radius 2 is 1.59 bits per heavy atom. The average Bonchev–Trinajstić information content (AvgIpc) is 3.11. The Balaban J connectivity index is 1.53. The SMILES string of the molecule is CCc1cccc(CC)c1NC(=O)c1ccc(NC2=C(Cl)C(=O)N(c3cc(C)ccc3OC)C2=O)cc1. The summed E-state index contributed by atoms with van der Waals surface area (Å²) < 4.78 is 5.34. The molecule has 3 aromatic carbocycles. The summed E-state index contributed by atoms with van der Waals surface area (Å²) in [5.74, 6) is -1.09. The Kier molecular flexibility index (Phi) is 7.64. The first kappa shape index (κ1) is 26.0. The smallest absolute Gasteiger partial charge is 0.283 e. The van der Waals surface area contributed by atoms with Crippen LogP contribution in [0.4, 0.5) is 17.1 Å². The fourth-order valence-electron chi connectivity index (χ4n) is 4.24. The molecule has 3 amide bonds. The molecule has 0 saturated heterocycles. The Labute approximate surface area is 221 Å². The maximum atomic E-state index is 13.2. The van der Waals surface area contributed by atoms with E-state index in [0.29, 0.717) is 22.7 Å². The van der Waals surface area contributed by atoms with E-state index in [1.54, 1.807) is 36.4 Å². The van der Waals surface area contributed by atoms with Gasteiger partial charge in [-0.25, -0.2) is 4.90 Å². The highest BCUT2D eigenvalue weighted by Gasteiger charge is 2.40. The highest BCUT2D eigenvalue weighted by atomic mass is 35.5. The molecular formula is C29H28ClN3O4. The normalized spacial score (nSPS) is 13.3. The summed E-state index contributed by atoms with van der Waals surface area (Å²) >= 11 is 6.28. The minimum atomic E-state index is -0.643. The number of imide groups is 1. The summed E-state index contributed by atoms with van der Waals surface area (Å²) in [6.07, 6.45) is 1.61. The van der Waals surface area contributed by atoms with Crippen molar-refractivity contribution in [2.45, 2.75) is 33.6 Å². The van der Waals surface area contributed by atoms with Crippen LogP contribution >= 0.6 is 11.6 Å². The summed E-state index contributed by atoms with van der Waals surface area (Å²) in [4.78, 5) is 40.0. The molecule has 0 unspecified atom stereocenters. The van der Waals surface area contributed by atoms with Crippen LogP contribution in [0.3, 0.4) is 0 Å². The zero-order chi connectivity index (χ0) is 26.7. The molecule has 1 aliphatic rings. The van der Waals surface area contributed by atoms with Crippen molar-refractivity contribution in [2.24, 2.45) is 0 Å². The largest absolute Gasteiger partial charge is 0.495 e. The molecular weight excluding hydrogens is 490 g/mol. The second-order valence-electron chi connectivity index (χ2n) is 8.62. The molecule has 0 saturated carbocycles. The Bertz CT molecular complexity index is 1390. The highest BCUT2D eigenvalue weighted by molar-refractivity contribution is 6.53. The van der Waals surface area contributed by atoms with Gasteiger partial charge in [-0.05, 0) is 72.9 Å². The van der Waals surface area contributed by atoms with Crippen molar-refractivity contribution in [1.29, 1.82) is 0 Å². The van der Waals surface area contributed by atoms with Gasteiger partial charge in [0.15, 0.2) is 0 Å². The molecule has 4 rings (SSSR count). The third-order valence-electron chi connectivity index (χ3n) is 6.26. The lowest BCUT2D eigenvalue weighted by Crippen LogP contribution is -2.32. The van der Waals surface area contributed by atoms with Crippen molar-refractivity contribution < 1.29 is 19.1 Å². The number of hydrogen-bond donors (Lipinski definition) is 2. The molecule has 0 fully saturated rings. The molecule has 3 aromatic rings. The lowest BCUT2D eigenvalue weighted by molar-refractivity contribution is -0.120. The molecule has 0 bridgehead atoms. The van der Waals surface area contributed by atoms with Crippen molar-refractivity contribution >= 4 is 46.4 Å². The number of methoxy groups -OCH3 is 1. The Morgan fingerprint density at radius 1 is 0.946 bits per heavy atom. The van der Waals surface area contributed by atoms with Gasteiger partial charge in [0.25, 0.3) is 17.7 Å². The van der Waals surface area contributed by atoms with Crippen molar-refractivity contribution in [3.8, 4) is 5.75 Å². The highest BCUT2D eigenvalue weighted by Crippen LogP contribution is 2.36. The van der Waals surface area contributed by atoms with Crippen molar-refractivity contribution in [3.63, 3.8) is 0 Å². The van der Waals surface area contributed by atoms with Gasteiger partial charge in [0.2, 0.25) is 0 Å². The van der Waals surface area contributed by atoms with E-state index in [4.69, 9.17) is 16.3 Å². The monoisotopic (exact) mass is 517 g/mol. The summed E-state index contributed by atoms with van der Waals surface area (Å²) in [7, 11) is 1.47. The van der Waals surface area contributed by atoms with Gasteiger partial charge in [-0.1, -0.05) is 49.7 Å². The zero-order valence-corrected chi connectivity index (χ0v) is 21.9. The number of halogens is 1. The molecule has 0 aliphatic carbocycles. The van der Waals surface area contributed by atoms with Gasteiger partial charge < -0.3 is 15.4 Å². The molecule has 0 aromatic heterocycles. The van der Waals surface area contributed by atoms with Crippen LogP contribution < -0.4 is 20.3 Å². The van der Waals surface area contributed by atoms with Gasteiger partial charge in [0.1, 0.15) is 16.5 Å². The number of carbonyl (C=O) groups is 3. The number of anilines is 3. The molecule has 190 valence electrons. The van der Waals surface area contributed by atoms with E-state index < -0.39 is 11.8 Å². The number of nitrogens with zero attached hydrogens (tertiary/aromatic N) is 1. The average molecular weight is 518 g/mol. The maximum absolute atomic E-state index is 13.2. The van der Waals surface area contributed by atoms with Crippen LogP contribution in [-0.2, 0) is 22.4 Å². The number of ether oxygens (including phenoxy) is 1. The quantitative estimate of drug-likeness (QED) is 0.368. The van der Waals surface area contributed by atoms with E-state index in [9.17, 15) is 14.4 Å². The van der Waals surface area contributed by atoms with E-state index in [2.05, 4.69) is 24.5 Å². The molecule has 37 heavy (non-hydrogen) atoms. The van der Waals surface area contributed by atoms with E-state index in [1.807, 2.05) is 31.2 Å². The summed E-state index contributed by atoms with van der Waals surface area (Å²) in [6.45, 7) is 5.95. The number of aryl methyl sites for hydroxylation is 3. The van der Waals surface area contributed by atoms with Crippen LogP contribution in [0.2, 0.25) is 0 Å². The zero-order valence-electron chi connectivity index (χ0n) is 21.1. The lowest BCUT2D eigenvalue weighted by Gasteiger charge is -2.18. The topological polar surface area (TPSA) is 87.7 Å².